The zero-order chi connectivity index (χ0) is 22.0. The van der Waals surface area contributed by atoms with E-state index < -0.39 is 41.6 Å². The topological polar surface area (TPSA) is 97.6 Å². The van der Waals surface area contributed by atoms with Crippen molar-refractivity contribution in [3.8, 4) is 6.07 Å². The van der Waals surface area contributed by atoms with Gasteiger partial charge in [-0.05, 0) is 37.1 Å². The van der Waals surface area contributed by atoms with Crippen molar-refractivity contribution in [2.75, 3.05) is 11.4 Å². The summed E-state index contributed by atoms with van der Waals surface area (Å²) < 4.78 is 27.1. The zero-order valence-electron chi connectivity index (χ0n) is 16.2. The number of fused-ring (bicyclic) bond motifs is 5. The summed E-state index contributed by atoms with van der Waals surface area (Å²) in [7, 11) is 0. The number of hydrogen-bond acceptors (Lipinski definition) is 5. The number of anilines is 1. The number of hydrogen-bond donors (Lipinski definition) is 0. The van der Waals surface area contributed by atoms with Crippen LogP contribution in [0.5, 0.6) is 0 Å². The van der Waals surface area contributed by atoms with Gasteiger partial charge in [-0.15, -0.1) is 0 Å². The number of aryl methyl sites for hydroxylation is 1. The number of piperazine rings is 1. The van der Waals surface area contributed by atoms with Crippen LogP contribution >= 0.6 is 0 Å². The Morgan fingerprint density at radius 1 is 1.19 bits per heavy atom. The van der Waals surface area contributed by atoms with Crippen LogP contribution < -0.4 is 4.90 Å². The number of urea groups is 1. The lowest BCUT2D eigenvalue weighted by Crippen LogP contribution is -2.54. The van der Waals surface area contributed by atoms with Crippen LogP contribution in [0.1, 0.15) is 28.0 Å². The van der Waals surface area contributed by atoms with Crippen molar-refractivity contribution < 1.29 is 23.2 Å². The zero-order valence-corrected chi connectivity index (χ0v) is 16.2. The van der Waals surface area contributed by atoms with E-state index in [4.69, 9.17) is 5.26 Å². The Morgan fingerprint density at radius 3 is 2.55 bits per heavy atom. The molecule has 4 amide bonds. The van der Waals surface area contributed by atoms with Gasteiger partial charge >= 0.3 is 6.03 Å². The molecular formula is C21H15F2N5O3. The van der Waals surface area contributed by atoms with Crippen molar-refractivity contribution in [2.24, 2.45) is 0 Å². The molecule has 0 saturated carbocycles. The largest absolute Gasteiger partial charge is 0.332 e. The lowest BCUT2D eigenvalue weighted by molar-refractivity contribution is -0.121. The van der Waals surface area contributed by atoms with E-state index in [0.29, 0.717) is 18.1 Å². The van der Waals surface area contributed by atoms with Gasteiger partial charge in [0.1, 0.15) is 29.4 Å². The molecule has 3 saturated heterocycles. The molecular weight excluding hydrogens is 408 g/mol. The highest BCUT2D eigenvalue weighted by molar-refractivity contribution is 6.22. The molecule has 2 aromatic rings. The predicted molar refractivity (Wildman–Crippen MR) is 102 cm³/mol. The number of rotatable bonds is 2. The maximum atomic E-state index is 13.6. The molecule has 4 heterocycles. The van der Waals surface area contributed by atoms with Gasteiger partial charge in [0.25, 0.3) is 11.8 Å². The average Bonchev–Trinajstić information content (AvgIpc) is 3.38. The molecule has 8 nitrogen and oxygen atoms in total. The van der Waals surface area contributed by atoms with E-state index in [0.717, 1.165) is 17.0 Å². The van der Waals surface area contributed by atoms with Crippen LogP contribution in [-0.4, -0.2) is 57.3 Å². The fourth-order valence-corrected chi connectivity index (χ4v) is 4.77. The first-order valence-electron chi connectivity index (χ1n) is 9.60. The predicted octanol–water partition coefficient (Wildman–Crippen LogP) is 1.97. The van der Waals surface area contributed by atoms with Gasteiger partial charge in [0.15, 0.2) is 0 Å². The summed E-state index contributed by atoms with van der Waals surface area (Å²) in [4.78, 5) is 47.0. The molecule has 1 aromatic carbocycles. The number of carbonyl (C=O) groups is 3. The van der Waals surface area contributed by atoms with Crippen LogP contribution in [0.2, 0.25) is 0 Å². The number of benzene rings is 1. The maximum absolute atomic E-state index is 13.6. The van der Waals surface area contributed by atoms with Crippen molar-refractivity contribution in [2.45, 2.75) is 31.5 Å². The minimum absolute atomic E-state index is 0.142. The number of pyridine rings is 1. The second kappa shape index (κ2) is 6.57. The first kappa shape index (κ1) is 19.1. The van der Waals surface area contributed by atoms with Gasteiger partial charge in [-0.2, -0.15) is 5.26 Å². The Morgan fingerprint density at radius 2 is 1.90 bits per heavy atom. The first-order valence-corrected chi connectivity index (χ1v) is 9.60. The van der Waals surface area contributed by atoms with E-state index in [1.165, 1.54) is 16.0 Å². The summed E-state index contributed by atoms with van der Waals surface area (Å²) in [5, 5.41) is 9.04. The van der Waals surface area contributed by atoms with E-state index in [9.17, 15) is 23.2 Å². The van der Waals surface area contributed by atoms with Gasteiger partial charge in [0.2, 0.25) is 0 Å². The molecule has 1 aromatic heterocycles. The molecule has 3 fully saturated rings. The molecule has 3 aliphatic rings. The summed E-state index contributed by atoms with van der Waals surface area (Å²) in [6.45, 7) is 1.83. The number of aromatic nitrogens is 1. The van der Waals surface area contributed by atoms with E-state index in [2.05, 4.69) is 4.98 Å². The fraction of sp³-hybridized carbons (Fsp3) is 0.286. The normalized spacial score (nSPS) is 24.1. The summed E-state index contributed by atoms with van der Waals surface area (Å²) in [5.74, 6) is -2.81. The third-order valence-electron chi connectivity index (χ3n) is 6.06. The van der Waals surface area contributed by atoms with Gasteiger partial charge in [-0.1, -0.05) is 0 Å². The van der Waals surface area contributed by atoms with Crippen molar-refractivity contribution in [3.63, 3.8) is 0 Å². The monoisotopic (exact) mass is 423 g/mol. The van der Waals surface area contributed by atoms with E-state index in [1.807, 2.05) is 6.07 Å². The molecule has 0 aliphatic carbocycles. The fourth-order valence-electron chi connectivity index (χ4n) is 4.77. The van der Waals surface area contributed by atoms with E-state index in [-0.39, 0.29) is 29.5 Å². The lowest BCUT2D eigenvalue weighted by atomic mass is 10.1. The highest BCUT2D eigenvalue weighted by atomic mass is 19.1. The SMILES string of the molecule is Cc1cc(N2C(=O)C3C4C[C@H](CN4C(=O)c4cc(F)cc(F)c4)N3C2=O)cnc1C#N. The molecule has 0 spiro atoms. The van der Waals surface area contributed by atoms with Crippen molar-refractivity contribution >= 4 is 23.5 Å². The Balaban J connectivity index is 1.45. The number of imide groups is 1. The van der Waals surface area contributed by atoms with E-state index in [1.54, 1.807) is 13.0 Å². The molecule has 10 heteroatoms. The molecule has 3 atom stereocenters. The second-order valence-corrected chi connectivity index (χ2v) is 7.85. The average molecular weight is 423 g/mol. The summed E-state index contributed by atoms with van der Waals surface area (Å²) >= 11 is 0. The summed E-state index contributed by atoms with van der Waals surface area (Å²) in [5.41, 5.74) is 0.839. The smallest absolute Gasteiger partial charge is 0.331 e. The highest BCUT2D eigenvalue weighted by Crippen LogP contribution is 2.42. The molecule has 0 radical (unpaired) electrons. The minimum atomic E-state index is -0.871. The van der Waals surface area contributed by atoms with Crippen molar-refractivity contribution in [1.82, 2.24) is 14.8 Å². The molecule has 0 N–H and O–H groups in total. The van der Waals surface area contributed by atoms with Gasteiger partial charge in [0, 0.05) is 18.2 Å². The summed E-state index contributed by atoms with van der Waals surface area (Å²) in [6.07, 6.45) is 1.72. The molecule has 3 aliphatic heterocycles. The van der Waals surface area contributed by atoms with Crippen molar-refractivity contribution in [1.29, 1.82) is 5.26 Å². The van der Waals surface area contributed by atoms with Gasteiger partial charge in [0.05, 0.1) is 24.0 Å². The Hall–Kier alpha value is -3.87. The standard InChI is InChI=1S/C21H15F2N5O3/c1-10-2-14(8-25-16(10)7-24)28-20(30)18-17-6-15(27(18)21(28)31)9-26(17)19(29)11-3-12(22)5-13(23)4-11/h2-5,8,15,17-18H,6,9H2,1H3/t15-,17?,18?/m1/s1. The summed E-state index contributed by atoms with van der Waals surface area (Å²) in [6, 6.07) is 3.74. The number of halogens is 2. The van der Waals surface area contributed by atoms with Gasteiger partial charge in [-0.3, -0.25) is 9.59 Å². The number of nitrogens with zero attached hydrogens (tertiary/aromatic N) is 5. The quantitative estimate of drug-likeness (QED) is 0.688. The number of likely N-dealkylation sites (tertiary alicyclic amines) is 1. The van der Waals surface area contributed by atoms with Crippen LogP contribution in [0.15, 0.2) is 30.5 Å². The molecule has 2 unspecified atom stereocenters. The number of amides is 4. The third kappa shape index (κ3) is 2.70. The Labute approximate surface area is 175 Å². The molecule has 2 bridgehead atoms. The lowest BCUT2D eigenvalue weighted by Gasteiger charge is -2.34. The third-order valence-corrected chi connectivity index (χ3v) is 6.06. The maximum Gasteiger partial charge on any atom is 0.332 e. The van der Waals surface area contributed by atoms with Crippen LogP contribution in [-0.2, 0) is 4.79 Å². The molecule has 5 rings (SSSR count). The van der Waals surface area contributed by atoms with Crippen LogP contribution in [0, 0.1) is 29.9 Å². The van der Waals surface area contributed by atoms with Crippen LogP contribution in [0.4, 0.5) is 19.3 Å². The number of carbonyl (C=O) groups excluding carboxylic acids is 3. The van der Waals surface area contributed by atoms with Crippen LogP contribution in [0.25, 0.3) is 0 Å². The van der Waals surface area contributed by atoms with Crippen LogP contribution in [0.3, 0.4) is 0 Å². The van der Waals surface area contributed by atoms with Gasteiger partial charge < -0.3 is 9.80 Å². The van der Waals surface area contributed by atoms with E-state index >= 15 is 0 Å². The molecule has 31 heavy (non-hydrogen) atoms. The number of nitriles is 1. The second-order valence-electron chi connectivity index (χ2n) is 7.85. The minimum Gasteiger partial charge on any atom is -0.331 e. The Bertz CT molecular complexity index is 1190. The van der Waals surface area contributed by atoms with Crippen molar-refractivity contribution in [3.05, 3.63) is 58.9 Å². The highest BCUT2D eigenvalue weighted by Gasteiger charge is 2.63. The first-order chi connectivity index (χ1) is 14.8. The Kier molecular flexibility index (Phi) is 4.05. The van der Waals surface area contributed by atoms with Gasteiger partial charge in [-0.25, -0.2) is 23.5 Å². The molecule has 156 valence electrons.